The number of carbonyl (C=O) groups excluding carboxylic acids is 1. The number of carbonyl (C=O) groups is 1. The number of hydrogen-bond donors (Lipinski definition) is 2. The largest absolute Gasteiger partial charge is 1.00 e. The number of halogens is 1. The number of aryl methyl sites for hydroxylation is 2. The van der Waals surface area contributed by atoms with Crippen LogP contribution in [0.15, 0.2) is 48.5 Å². The molecule has 0 aromatic heterocycles. The molecule has 0 aliphatic rings. The summed E-state index contributed by atoms with van der Waals surface area (Å²) in [6, 6.07) is 16.7. The normalized spacial score (nSPS) is 12.2. The second kappa shape index (κ2) is 9.89. The van der Waals surface area contributed by atoms with E-state index in [1.807, 2.05) is 45.2 Å². The molecule has 0 aliphatic carbocycles. The summed E-state index contributed by atoms with van der Waals surface area (Å²) in [5, 5.41) is 3.12. The molecular formula is C22H31BrN2O. The van der Waals surface area contributed by atoms with Crippen molar-refractivity contribution in [2.45, 2.75) is 46.0 Å². The number of nitrogens with one attached hydrogen (secondary N) is 2. The van der Waals surface area contributed by atoms with Crippen molar-refractivity contribution in [1.29, 1.82) is 0 Å². The Balaban J connectivity index is 0.00000338. The van der Waals surface area contributed by atoms with Gasteiger partial charge in [0.15, 0.2) is 0 Å². The number of anilines is 1. The van der Waals surface area contributed by atoms with E-state index in [0.717, 1.165) is 41.1 Å². The number of likely N-dealkylation sites (N-methyl/N-ethyl adjacent to an activating group) is 1. The van der Waals surface area contributed by atoms with Crippen LogP contribution in [0.5, 0.6) is 0 Å². The molecule has 2 aromatic carbocycles. The number of amides is 2. The first-order chi connectivity index (χ1) is 11.9. The van der Waals surface area contributed by atoms with Crippen molar-refractivity contribution in [3.8, 4) is 0 Å². The first-order valence-corrected chi connectivity index (χ1v) is 9.19. The molecule has 0 bridgehead atoms. The minimum atomic E-state index is 0. The first-order valence-electron chi connectivity index (χ1n) is 9.19. The van der Waals surface area contributed by atoms with Gasteiger partial charge in [-0.1, -0.05) is 62.4 Å². The van der Waals surface area contributed by atoms with Gasteiger partial charge in [-0.2, -0.15) is 0 Å². The molecule has 1 unspecified atom stereocenters. The van der Waals surface area contributed by atoms with Crippen molar-refractivity contribution in [3.05, 3.63) is 65.2 Å². The minimum Gasteiger partial charge on any atom is -1.00 e. The number of rotatable bonds is 6. The van der Waals surface area contributed by atoms with E-state index >= 15 is 0 Å². The molecular weight excluding hydrogens is 388 g/mol. The average molecular weight is 419 g/mol. The van der Waals surface area contributed by atoms with Gasteiger partial charge in [-0.25, -0.2) is 4.79 Å². The second-order valence-electron chi connectivity index (χ2n) is 7.03. The summed E-state index contributed by atoms with van der Waals surface area (Å²) in [4.78, 5) is 13.7. The maximum Gasteiger partial charge on any atom is 0.419 e. The predicted octanol–water partition coefficient (Wildman–Crippen LogP) is 1.11. The molecule has 0 aliphatic heterocycles. The number of benzene rings is 2. The lowest BCUT2D eigenvalue weighted by atomic mass is 9.75. The summed E-state index contributed by atoms with van der Waals surface area (Å²) in [6.45, 7) is 9.27. The predicted molar refractivity (Wildman–Crippen MR) is 105 cm³/mol. The van der Waals surface area contributed by atoms with Gasteiger partial charge in [0.25, 0.3) is 0 Å². The molecule has 3 nitrogen and oxygen atoms in total. The Morgan fingerprint density at radius 3 is 2.00 bits per heavy atom. The molecule has 0 saturated heterocycles. The van der Waals surface area contributed by atoms with Crippen LogP contribution >= 0.6 is 0 Å². The molecule has 2 aromatic rings. The van der Waals surface area contributed by atoms with Crippen molar-refractivity contribution in [1.82, 2.24) is 0 Å². The van der Waals surface area contributed by atoms with Gasteiger partial charge in [0.2, 0.25) is 0 Å². The number of urea groups is 1. The van der Waals surface area contributed by atoms with Crippen LogP contribution in [-0.2, 0) is 5.41 Å². The number of para-hydroxylation sites is 1. The number of quaternary nitrogens is 1. The third-order valence-electron chi connectivity index (χ3n) is 5.45. The Morgan fingerprint density at radius 2 is 1.50 bits per heavy atom. The fraction of sp³-hybridized carbons (Fsp3) is 0.409. The van der Waals surface area contributed by atoms with E-state index in [1.165, 1.54) is 5.56 Å². The van der Waals surface area contributed by atoms with Crippen LogP contribution < -0.4 is 27.2 Å². The van der Waals surface area contributed by atoms with Gasteiger partial charge in [-0.15, -0.1) is 0 Å². The molecule has 2 amide bonds. The maximum atomic E-state index is 12.8. The summed E-state index contributed by atoms with van der Waals surface area (Å²) in [5.74, 6) is 0. The highest BCUT2D eigenvalue weighted by atomic mass is 79.9. The topological polar surface area (TPSA) is 33.5 Å². The van der Waals surface area contributed by atoms with Crippen LogP contribution in [0, 0.1) is 13.8 Å². The molecule has 1 atom stereocenters. The van der Waals surface area contributed by atoms with E-state index in [0.29, 0.717) is 0 Å². The third kappa shape index (κ3) is 4.95. The van der Waals surface area contributed by atoms with Crippen LogP contribution in [-0.4, -0.2) is 19.6 Å². The summed E-state index contributed by atoms with van der Waals surface area (Å²) in [6.07, 6.45) is 2.03. The van der Waals surface area contributed by atoms with Crippen LogP contribution in [0.3, 0.4) is 0 Å². The van der Waals surface area contributed by atoms with Gasteiger partial charge >= 0.3 is 6.03 Å². The van der Waals surface area contributed by atoms with Crippen LogP contribution in [0.1, 0.15) is 43.4 Å². The molecule has 26 heavy (non-hydrogen) atoms. The van der Waals surface area contributed by atoms with Gasteiger partial charge in [0.1, 0.15) is 0 Å². The van der Waals surface area contributed by atoms with E-state index in [2.05, 4.69) is 43.4 Å². The first kappa shape index (κ1) is 22.4. The van der Waals surface area contributed by atoms with Gasteiger partial charge in [-0.05, 0) is 43.4 Å². The van der Waals surface area contributed by atoms with Crippen molar-refractivity contribution < 1.29 is 26.7 Å². The molecule has 0 spiro atoms. The van der Waals surface area contributed by atoms with Crippen LogP contribution in [0.25, 0.3) is 0 Å². The number of hydrogen-bond acceptors (Lipinski definition) is 1. The van der Waals surface area contributed by atoms with Crippen molar-refractivity contribution in [3.63, 3.8) is 0 Å². The zero-order valence-corrected chi connectivity index (χ0v) is 18.1. The Hall–Kier alpha value is -1.65. The highest BCUT2D eigenvalue weighted by molar-refractivity contribution is 5.85. The summed E-state index contributed by atoms with van der Waals surface area (Å²) >= 11 is 0. The molecule has 0 fully saturated rings. The fourth-order valence-electron chi connectivity index (χ4n) is 3.62. The maximum absolute atomic E-state index is 12.8. The van der Waals surface area contributed by atoms with E-state index in [4.69, 9.17) is 0 Å². The lowest BCUT2D eigenvalue weighted by Gasteiger charge is -2.33. The Bertz CT molecular complexity index is 691. The average Bonchev–Trinajstić information content (AvgIpc) is 2.63. The molecule has 0 heterocycles. The quantitative estimate of drug-likeness (QED) is 0.723. The molecule has 0 saturated carbocycles. The van der Waals surface area contributed by atoms with Crippen molar-refractivity contribution in [2.75, 3.05) is 18.9 Å². The second-order valence-corrected chi connectivity index (χ2v) is 7.03. The van der Waals surface area contributed by atoms with Crippen molar-refractivity contribution in [2.24, 2.45) is 0 Å². The standard InChI is InChI=1S/C22H30N2O.BrH/c1-6-22(7-2,19-14-9-8-10-15-19)16-24(5)21(25)23-20-17(3)12-11-13-18(20)4;/h8-15H,6-7,16H2,1-5H3,(H,23,25);1H. The Morgan fingerprint density at radius 1 is 0.962 bits per heavy atom. The lowest BCUT2D eigenvalue weighted by molar-refractivity contribution is -0.796. The zero-order valence-electron chi connectivity index (χ0n) is 16.5. The summed E-state index contributed by atoms with van der Waals surface area (Å²) in [5.41, 5.74) is 4.47. The fourth-order valence-corrected chi connectivity index (χ4v) is 3.62. The van der Waals surface area contributed by atoms with E-state index in [1.54, 1.807) is 0 Å². The van der Waals surface area contributed by atoms with Gasteiger partial charge in [0, 0.05) is 5.41 Å². The molecule has 142 valence electrons. The van der Waals surface area contributed by atoms with E-state index in [-0.39, 0.29) is 28.4 Å². The zero-order chi connectivity index (χ0) is 18.4. The van der Waals surface area contributed by atoms with Crippen LogP contribution in [0.4, 0.5) is 10.5 Å². The summed E-state index contributed by atoms with van der Waals surface area (Å²) in [7, 11) is 1.96. The Labute approximate surface area is 168 Å². The van der Waals surface area contributed by atoms with Gasteiger partial charge < -0.3 is 17.0 Å². The lowest BCUT2D eigenvalue weighted by Crippen LogP contribution is -3.14. The molecule has 0 radical (unpaired) electrons. The van der Waals surface area contributed by atoms with Gasteiger partial charge in [0.05, 0.1) is 19.3 Å². The van der Waals surface area contributed by atoms with Crippen molar-refractivity contribution >= 4 is 11.7 Å². The van der Waals surface area contributed by atoms with Gasteiger partial charge in [-0.3, -0.25) is 10.2 Å². The summed E-state index contributed by atoms with van der Waals surface area (Å²) < 4.78 is 0. The highest BCUT2D eigenvalue weighted by Crippen LogP contribution is 2.30. The van der Waals surface area contributed by atoms with E-state index in [9.17, 15) is 4.79 Å². The monoisotopic (exact) mass is 418 g/mol. The molecule has 4 heteroatoms. The molecule has 2 N–H and O–H groups in total. The van der Waals surface area contributed by atoms with E-state index < -0.39 is 0 Å². The van der Waals surface area contributed by atoms with Crippen LogP contribution in [0.2, 0.25) is 0 Å². The third-order valence-corrected chi connectivity index (χ3v) is 5.45. The smallest absolute Gasteiger partial charge is 0.419 e. The highest BCUT2D eigenvalue weighted by Gasteiger charge is 2.34. The molecule has 2 rings (SSSR count). The minimum absolute atomic E-state index is 0. The Kier molecular flexibility index (Phi) is 8.51. The SMILES string of the molecule is CCC(CC)(C[NH+](C)C(=O)Nc1c(C)cccc1C)c1ccccc1.[Br-].